The Morgan fingerprint density at radius 1 is 1.21 bits per heavy atom. The first-order chi connectivity index (χ1) is 13.3. The number of anilines is 2. The van der Waals surface area contributed by atoms with Crippen molar-refractivity contribution in [2.75, 3.05) is 10.6 Å². The molecule has 0 saturated heterocycles. The van der Waals surface area contributed by atoms with Gasteiger partial charge in [-0.3, -0.25) is 10.1 Å². The van der Waals surface area contributed by atoms with E-state index in [0.717, 1.165) is 16.9 Å². The number of ether oxygens (including phenoxy) is 1. The Kier molecular flexibility index (Phi) is 5.89. The Hall–Kier alpha value is -3.00. The maximum atomic E-state index is 12.2. The normalized spacial score (nSPS) is 11.1. The number of amides is 1. The molecule has 2 aromatic heterocycles. The number of carbonyl (C=O) groups excluding carboxylic acids is 1. The van der Waals surface area contributed by atoms with Gasteiger partial charge in [0.1, 0.15) is 22.7 Å². The van der Waals surface area contributed by atoms with Crippen LogP contribution in [-0.2, 0) is 6.54 Å². The smallest absolute Gasteiger partial charge is 0.259 e. The molecule has 0 aliphatic carbocycles. The van der Waals surface area contributed by atoms with Gasteiger partial charge in [0.2, 0.25) is 5.13 Å². The molecule has 146 valence electrons. The van der Waals surface area contributed by atoms with E-state index in [1.165, 1.54) is 17.5 Å². The van der Waals surface area contributed by atoms with Gasteiger partial charge in [-0.1, -0.05) is 23.5 Å². The fraction of sp³-hybridized carbons (Fsp3) is 0.300. The molecular weight excluding hydrogens is 374 g/mol. The summed E-state index contributed by atoms with van der Waals surface area (Å²) in [7, 11) is 0. The molecule has 3 rings (SSSR count). The molecule has 0 aliphatic heterocycles. The van der Waals surface area contributed by atoms with E-state index in [1.807, 2.05) is 39.8 Å². The van der Waals surface area contributed by atoms with Crippen LogP contribution in [-0.4, -0.2) is 26.7 Å². The molecule has 2 heterocycles. The van der Waals surface area contributed by atoms with Crippen LogP contribution in [0.1, 0.15) is 42.3 Å². The highest BCUT2D eigenvalue weighted by Gasteiger charge is 2.15. The topological polar surface area (TPSA) is 89.0 Å². The lowest BCUT2D eigenvalue weighted by atomic mass is 10.1. The van der Waals surface area contributed by atoms with E-state index in [2.05, 4.69) is 31.9 Å². The predicted molar refractivity (Wildman–Crippen MR) is 111 cm³/mol. The van der Waals surface area contributed by atoms with Crippen LogP contribution < -0.4 is 15.4 Å². The lowest BCUT2D eigenvalue weighted by molar-refractivity contribution is 0.102. The second-order valence-corrected chi connectivity index (χ2v) is 8.14. The molecule has 8 heteroatoms. The maximum Gasteiger partial charge on any atom is 0.259 e. The molecule has 0 saturated carbocycles. The third-order valence-electron chi connectivity index (χ3n) is 3.70. The van der Waals surface area contributed by atoms with E-state index in [-0.39, 0.29) is 11.5 Å². The molecule has 0 aliphatic rings. The van der Waals surface area contributed by atoms with Gasteiger partial charge in [-0.2, -0.15) is 0 Å². The summed E-state index contributed by atoms with van der Waals surface area (Å²) in [5.41, 5.74) is 3.92. The minimum absolute atomic E-state index is 0.268. The fourth-order valence-corrected chi connectivity index (χ4v) is 2.89. The lowest BCUT2D eigenvalue weighted by Crippen LogP contribution is -2.24. The van der Waals surface area contributed by atoms with Gasteiger partial charge in [-0.05, 0) is 51.5 Å². The number of carbonyl (C=O) groups is 1. The van der Waals surface area contributed by atoms with E-state index in [9.17, 15) is 4.79 Å². The van der Waals surface area contributed by atoms with E-state index < -0.39 is 0 Å². The van der Waals surface area contributed by atoms with Gasteiger partial charge < -0.3 is 10.1 Å². The number of aryl methyl sites for hydroxylation is 1. The predicted octanol–water partition coefficient (Wildman–Crippen LogP) is 4.28. The molecule has 0 bridgehead atoms. The zero-order chi connectivity index (χ0) is 20.1. The summed E-state index contributed by atoms with van der Waals surface area (Å²) >= 11 is 1.26. The molecule has 7 nitrogen and oxygen atoms in total. The van der Waals surface area contributed by atoms with Gasteiger partial charge in [-0.15, -0.1) is 10.2 Å². The van der Waals surface area contributed by atoms with Crippen molar-refractivity contribution in [3.05, 3.63) is 58.7 Å². The summed E-state index contributed by atoms with van der Waals surface area (Å²) in [5, 5.41) is 13.9. The maximum absolute atomic E-state index is 12.2. The number of nitrogens with one attached hydrogen (secondary N) is 2. The van der Waals surface area contributed by atoms with Crippen LogP contribution in [0.4, 0.5) is 10.9 Å². The van der Waals surface area contributed by atoms with Crippen molar-refractivity contribution in [1.82, 2.24) is 15.2 Å². The Morgan fingerprint density at radius 3 is 2.68 bits per heavy atom. The summed E-state index contributed by atoms with van der Waals surface area (Å²) in [4.78, 5) is 16.5. The van der Waals surface area contributed by atoms with Crippen molar-refractivity contribution in [3.63, 3.8) is 0 Å². The van der Waals surface area contributed by atoms with Crippen molar-refractivity contribution in [3.8, 4) is 5.75 Å². The van der Waals surface area contributed by atoms with Crippen molar-refractivity contribution >= 4 is 28.2 Å². The number of hydrogen-bond acceptors (Lipinski definition) is 7. The summed E-state index contributed by atoms with van der Waals surface area (Å²) in [6.07, 6.45) is 1.53. The first-order valence-electron chi connectivity index (χ1n) is 8.86. The lowest BCUT2D eigenvalue weighted by Gasteiger charge is -2.24. The molecule has 0 fully saturated rings. The SMILES string of the molecule is Cc1ccc(CNc2ccc(C(=O)Nc3nncs3)cn2)c(OC(C)(C)C)c1. The van der Waals surface area contributed by atoms with E-state index in [4.69, 9.17) is 4.74 Å². The van der Waals surface area contributed by atoms with Crippen LogP contribution >= 0.6 is 11.3 Å². The summed E-state index contributed by atoms with van der Waals surface area (Å²) in [5.74, 6) is 1.26. The van der Waals surface area contributed by atoms with Crippen LogP contribution in [0.25, 0.3) is 0 Å². The summed E-state index contributed by atoms with van der Waals surface area (Å²) < 4.78 is 6.08. The zero-order valence-corrected chi connectivity index (χ0v) is 17.1. The standard InChI is InChI=1S/C20H23N5O2S/c1-13-5-6-14(16(9-13)27-20(2,3)4)10-21-17-8-7-15(11-22-17)18(26)24-19-25-23-12-28-19/h5-9,11-12H,10H2,1-4H3,(H,21,22)(H,24,25,26). The number of nitrogens with zero attached hydrogens (tertiary/aromatic N) is 3. The molecule has 0 atom stereocenters. The van der Waals surface area contributed by atoms with Gasteiger partial charge in [0, 0.05) is 18.3 Å². The Labute approximate surface area is 168 Å². The van der Waals surface area contributed by atoms with Crippen molar-refractivity contribution < 1.29 is 9.53 Å². The average molecular weight is 398 g/mol. The number of benzene rings is 1. The first-order valence-corrected chi connectivity index (χ1v) is 9.74. The molecule has 3 aromatic rings. The van der Waals surface area contributed by atoms with Crippen molar-refractivity contribution in [1.29, 1.82) is 0 Å². The monoisotopic (exact) mass is 397 g/mol. The highest BCUT2D eigenvalue weighted by Crippen LogP contribution is 2.25. The van der Waals surface area contributed by atoms with Crippen LogP contribution in [0.15, 0.2) is 42.0 Å². The molecule has 0 radical (unpaired) electrons. The van der Waals surface area contributed by atoms with Crippen molar-refractivity contribution in [2.45, 2.75) is 39.8 Å². The fourth-order valence-electron chi connectivity index (χ4n) is 2.45. The first kappa shape index (κ1) is 19.8. The Balaban J connectivity index is 1.64. The highest BCUT2D eigenvalue weighted by molar-refractivity contribution is 7.13. The molecule has 28 heavy (non-hydrogen) atoms. The van der Waals surface area contributed by atoms with Gasteiger partial charge in [0.25, 0.3) is 5.91 Å². The third kappa shape index (κ3) is 5.50. The number of pyridine rings is 1. The van der Waals surface area contributed by atoms with E-state index in [1.54, 1.807) is 17.6 Å². The number of hydrogen-bond donors (Lipinski definition) is 2. The van der Waals surface area contributed by atoms with Crippen LogP contribution in [0.5, 0.6) is 5.75 Å². The molecule has 1 aromatic carbocycles. The molecule has 2 N–H and O–H groups in total. The molecule has 0 spiro atoms. The Bertz CT molecular complexity index is 934. The number of aromatic nitrogens is 3. The van der Waals surface area contributed by atoms with Crippen molar-refractivity contribution in [2.24, 2.45) is 0 Å². The Morgan fingerprint density at radius 2 is 2.04 bits per heavy atom. The van der Waals surface area contributed by atoms with E-state index >= 15 is 0 Å². The summed E-state index contributed by atoms with van der Waals surface area (Å²) in [6, 6.07) is 9.63. The minimum Gasteiger partial charge on any atom is -0.488 e. The zero-order valence-electron chi connectivity index (χ0n) is 16.3. The minimum atomic E-state index is -0.275. The van der Waals surface area contributed by atoms with Crippen LogP contribution in [0, 0.1) is 6.92 Å². The average Bonchev–Trinajstić information content (AvgIpc) is 3.13. The molecule has 0 unspecified atom stereocenters. The molecule has 1 amide bonds. The van der Waals surface area contributed by atoms with Crippen LogP contribution in [0.2, 0.25) is 0 Å². The van der Waals surface area contributed by atoms with Gasteiger partial charge in [-0.25, -0.2) is 4.98 Å². The quantitative estimate of drug-likeness (QED) is 0.645. The van der Waals surface area contributed by atoms with Gasteiger partial charge in [0.05, 0.1) is 5.56 Å². The largest absolute Gasteiger partial charge is 0.488 e. The second-order valence-electron chi connectivity index (χ2n) is 7.31. The summed E-state index contributed by atoms with van der Waals surface area (Å²) in [6.45, 7) is 8.69. The van der Waals surface area contributed by atoms with Gasteiger partial charge >= 0.3 is 0 Å². The van der Waals surface area contributed by atoms with Gasteiger partial charge in [0.15, 0.2) is 0 Å². The third-order valence-corrected chi connectivity index (χ3v) is 4.31. The van der Waals surface area contributed by atoms with E-state index in [0.29, 0.717) is 23.1 Å². The number of rotatable bonds is 6. The molecular formula is C20H23N5O2S. The second kappa shape index (κ2) is 8.35. The highest BCUT2D eigenvalue weighted by atomic mass is 32.1. The van der Waals surface area contributed by atoms with Crippen LogP contribution in [0.3, 0.4) is 0 Å².